The van der Waals surface area contributed by atoms with Crippen molar-refractivity contribution in [2.24, 2.45) is 5.92 Å². The third-order valence-corrected chi connectivity index (χ3v) is 4.78. The summed E-state index contributed by atoms with van der Waals surface area (Å²) >= 11 is 0. The zero-order valence-electron chi connectivity index (χ0n) is 15.4. The Labute approximate surface area is 156 Å². The highest BCUT2D eigenvalue weighted by molar-refractivity contribution is 5.81. The van der Waals surface area contributed by atoms with Gasteiger partial charge in [0.15, 0.2) is 17.3 Å². The lowest BCUT2D eigenvalue weighted by Gasteiger charge is -2.20. The number of amides is 1. The van der Waals surface area contributed by atoms with Gasteiger partial charge in [-0.25, -0.2) is 4.98 Å². The summed E-state index contributed by atoms with van der Waals surface area (Å²) in [6, 6.07) is 5.35. The summed E-state index contributed by atoms with van der Waals surface area (Å²) in [7, 11) is 3.04. The van der Waals surface area contributed by atoms with Gasteiger partial charge in [0, 0.05) is 24.6 Å². The maximum Gasteiger partial charge on any atom is 0.308 e. The Bertz CT molecular complexity index is 850. The number of nitrogens with zero attached hydrogens (tertiary/aromatic N) is 3. The Kier molecular flexibility index (Phi) is 5.29. The van der Waals surface area contributed by atoms with E-state index in [1.165, 1.54) is 14.2 Å². The van der Waals surface area contributed by atoms with Crippen molar-refractivity contribution in [3.05, 3.63) is 35.4 Å². The van der Waals surface area contributed by atoms with Crippen LogP contribution in [0.15, 0.2) is 18.2 Å². The number of hydrogen-bond acceptors (Lipinski definition) is 6. The molecule has 144 valence electrons. The van der Waals surface area contributed by atoms with E-state index in [2.05, 4.69) is 15.2 Å². The van der Waals surface area contributed by atoms with Gasteiger partial charge >= 0.3 is 5.97 Å². The fraction of sp³-hybridized carbons (Fsp3) is 0.444. The van der Waals surface area contributed by atoms with E-state index in [1.54, 1.807) is 24.0 Å². The highest BCUT2D eigenvalue weighted by atomic mass is 16.5. The molecular formula is C18H22N4O5. The Morgan fingerprint density at radius 3 is 2.67 bits per heavy atom. The maximum absolute atomic E-state index is 12.6. The van der Waals surface area contributed by atoms with Crippen LogP contribution in [0.4, 0.5) is 0 Å². The van der Waals surface area contributed by atoms with E-state index >= 15 is 0 Å². The number of aryl methyl sites for hydroxylation is 1. The zero-order valence-corrected chi connectivity index (χ0v) is 15.4. The highest BCUT2D eigenvalue weighted by Crippen LogP contribution is 2.41. The number of carbonyl (C=O) groups excluding carboxylic acids is 1. The average molecular weight is 374 g/mol. The molecule has 2 atom stereocenters. The lowest BCUT2D eigenvalue weighted by atomic mass is 9.88. The molecule has 1 aliphatic heterocycles. The molecule has 0 spiro atoms. The Balaban J connectivity index is 1.85. The molecule has 0 unspecified atom stereocenters. The van der Waals surface area contributed by atoms with Gasteiger partial charge in [-0.2, -0.15) is 5.10 Å². The molecule has 1 aliphatic rings. The average Bonchev–Trinajstić information content (AvgIpc) is 3.27. The molecule has 1 amide bonds. The normalized spacial score (nSPS) is 19.1. The third kappa shape index (κ3) is 3.71. The summed E-state index contributed by atoms with van der Waals surface area (Å²) in [6.45, 7) is 2.16. The number of carboxylic acid groups (broad SMARTS) is 1. The number of H-pyrrole nitrogens is 1. The summed E-state index contributed by atoms with van der Waals surface area (Å²) in [5.74, 6) is -0.239. The zero-order chi connectivity index (χ0) is 19.6. The standard InChI is InChI=1S/C18H22N4O5/c1-10-19-15(21-20-10)7-16(23)22-8-12(13(9-22)18(24)25)11-5-4-6-14(26-2)17(11)27-3/h4-6,12-13H,7-9H2,1-3H3,(H,24,25)(H,19,20,21)/t12-,13+/m0/s1. The molecule has 2 heterocycles. The number of benzene rings is 1. The third-order valence-electron chi connectivity index (χ3n) is 4.78. The molecule has 0 saturated carbocycles. The largest absolute Gasteiger partial charge is 0.493 e. The number of aromatic amines is 1. The second-order valence-corrected chi connectivity index (χ2v) is 6.45. The number of para-hydroxylation sites is 1. The summed E-state index contributed by atoms with van der Waals surface area (Å²) in [5, 5.41) is 16.4. The molecule has 0 radical (unpaired) electrons. The summed E-state index contributed by atoms with van der Waals surface area (Å²) in [4.78, 5) is 30.1. The molecule has 0 aliphatic carbocycles. The van der Waals surface area contributed by atoms with Crippen LogP contribution in [-0.2, 0) is 16.0 Å². The van der Waals surface area contributed by atoms with Gasteiger partial charge in [0.05, 0.1) is 26.6 Å². The first-order valence-corrected chi connectivity index (χ1v) is 8.54. The molecule has 27 heavy (non-hydrogen) atoms. The second-order valence-electron chi connectivity index (χ2n) is 6.45. The molecule has 3 rings (SSSR count). The minimum absolute atomic E-state index is 0.0264. The van der Waals surface area contributed by atoms with Crippen LogP contribution in [0.5, 0.6) is 11.5 Å². The summed E-state index contributed by atoms with van der Waals surface area (Å²) in [5.41, 5.74) is 0.716. The minimum atomic E-state index is -0.950. The molecular weight excluding hydrogens is 352 g/mol. The summed E-state index contributed by atoms with van der Waals surface area (Å²) < 4.78 is 10.8. The Morgan fingerprint density at radius 2 is 2.07 bits per heavy atom. The van der Waals surface area contributed by atoms with Crippen LogP contribution in [0, 0.1) is 12.8 Å². The van der Waals surface area contributed by atoms with Crippen molar-refractivity contribution in [1.82, 2.24) is 20.1 Å². The molecule has 2 N–H and O–H groups in total. The van der Waals surface area contributed by atoms with Gasteiger partial charge in [0.2, 0.25) is 5.91 Å². The van der Waals surface area contributed by atoms with Crippen LogP contribution in [-0.4, -0.2) is 64.4 Å². The molecule has 9 nitrogen and oxygen atoms in total. The molecule has 1 fully saturated rings. The molecule has 1 aromatic carbocycles. The smallest absolute Gasteiger partial charge is 0.308 e. The number of aromatic nitrogens is 3. The van der Waals surface area contributed by atoms with Crippen molar-refractivity contribution in [3.63, 3.8) is 0 Å². The first-order valence-electron chi connectivity index (χ1n) is 8.54. The lowest BCUT2D eigenvalue weighted by Crippen LogP contribution is -2.31. The fourth-order valence-electron chi connectivity index (χ4n) is 3.49. The van der Waals surface area contributed by atoms with Crippen LogP contribution in [0.2, 0.25) is 0 Å². The first-order chi connectivity index (χ1) is 12.9. The SMILES string of the molecule is COc1cccc([C@@H]2CN(C(=O)Cc3n[nH]c(C)n3)C[C@H]2C(=O)O)c1OC. The van der Waals surface area contributed by atoms with E-state index in [9.17, 15) is 14.7 Å². The van der Waals surface area contributed by atoms with E-state index in [-0.39, 0.29) is 25.4 Å². The van der Waals surface area contributed by atoms with Gasteiger partial charge in [-0.1, -0.05) is 12.1 Å². The predicted molar refractivity (Wildman–Crippen MR) is 94.8 cm³/mol. The van der Waals surface area contributed by atoms with E-state index in [0.29, 0.717) is 28.7 Å². The van der Waals surface area contributed by atoms with Crippen LogP contribution in [0.1, 0.15) is 23.1 Å². The molecule has 1 aromatic heterocycles. The number of rotatable bonds is 6. The number of methoxy groups -OCH3 is 2. The van der Waals surface area contributed by atoms with Crippen LogP contribution in [0.3, 0.4) is 0 Å². The van der Waals surface area contributed by atoms with Crippen molar-refractivity contribution in [2.45, 2.75) is 19.3 Å². The van der Waals surface area contributed by atoms with E-state index < -0.39 is 17.8 Å². The van der Waals surface area contributed by atoms with Crippen LogP contribution >= 0.6 is 0 Å². The molecule has 1 saturated heterocycles. The van der Waals surface area contributed by atoms with E-state index in [0.717, 1.165) is 0 Å². The van der Waals surface area contributed by atoms with E-state index in [4.69, 9.17) is 9.47 Å². The van der Waals surface area contributed by atoms with Crippen LogP contribution < -0.4 is 9.47 Å². The number of carbonyl (C=O) groups is 2. The van der Waals surface area contributed by atoms with Gasteiger partial charge in [0.1, 0.15) is 5.82 Å². The number of hydrogen-bond donors (Lipinski definition) is 2. The number of ether oxygens (including phenoxy) is 2. The quantitative estimate of drug-likeness (QED) is 0.774. The van der Waals surface area contributed by atoms with Crippen molar-refractivity contribution >= 4 is 11.9 Å². The number of likely N-dealkylation sites (tertiary alicyclic amines) is 1. The predicted octanol–water partition coefficient (Wildman–Crippen LogP) is 1.000. The lowest BCUT2D eigenvalue weighted by molar-refractivity contribution is -0.141. The number of aliphatic carboxylic acids is 1. The highest BCUT2D eigenvalue weighted by Gasteiger charge is 2.42. The minimum Gasteiger partial charge on any atom is -0.493 e. The van der Waals surface area contributed by atoms with Crippen molar-refractivity contribution in [2.75, 3.05) is 27.3 Å². The topological polar surface area (TPSA) is 118 Å². The van der Waals surface area contributed by atoms with Crippen LogP contribution in [0.25, 0.3) is 0 Å². The maximum atomic E-state index is 12.6. The van der Waals surface area contributed by atoms with Gasteiger partial charge in [-0.3, -0.25) is 14.7 Å². The van der Waals surface area contributed by atoms with Crippen molar-refractivity contribution < 1.29 is 24.2 Å². The Morgan fingerprint density at radius 1 is 1.30 bits per heavy atom. The Hall–Kier alpha value is -3.10. The monoisotopic (exact) mass is 374 g/mol. The van der Waals surface area contributed by atoms with E-state index in [1.807, 2.05) is 6.07 Å². The first kappa shape index (κ1) is 18.7. The molecule has 2 aromatic rings. The second kappa shape index (κ2) is 7.65. The number of nitrogens with one attached hydrogen (secondary N) is 1. The van der Waals surface area contributed by atoms with Gasteiger partial charge < -0.3 is 19.5 Å². The van der Waals surface area contributed by atoms with Gasteiger partial charge in [0.25, 0.3) is 0 Å². The van der Waals surface area contributed by atoms with Gasteiger partial charge in [-0.15, -0.1) is 0 Å². The number of carboxylic acids is 1. The fourth-order valence-corrected chi connectivity index (χ4v) is 3.49. The van der Waals surface area contributed by atoms with Gasteiger partial charge in [-0.05, 0) is 13.0 Å². The summed E-state index contributed by atoms with van der Waals surface area (Å²) in [6.07, 6.45) is 0.0264. The molecule has 9 heteroatoms. The van der Waals surface area contributed by atoms with Crippen molar-refractivity contribution in [1.29, 1.82) is 0 Å². The molecule has 0 bridgehead atoms. The van der Waals surface area contributed by atoms with Crippen molar-refractivity contribution in [3.8, 4) is 11.5 Å².